The van der Waals surface area contributed by atoms with Crippen LogP contribution in [-0.4, -0.2) is 70.0 Å². The maximum atomic E-state index is 6.63. The minimum atomic E-state index is -0.131. The van der Waals surface area contributed by atoms with Crippen molar-refractivity contribution in [2.75, 3.05) is 44.8 Å². The van der Waals surface area contributed by atoms with Gasteiger partial charge < -0.3 is 9.64 Å². The van der Waals surface area contributed by atoms with Gasteiger partial charge in [-0.15, -0.1) is 5.10 Å². The molecule has 8 nitrogen and oxygen atoms in total. The van der Waals surface area contributed by atoms with E-state index in [-0.39, 0.29) is 6.04 Å². The fourth-order valence-corrected chi connectivity index (χ4v) is 5.36. The normalized spacial score (nSPS) is 16.0. The number of methoxy groups -OCH3 is 1. The Morgan fingerprint density at radius 1 is 1.06 bits per heavy atom. The molecule has 1 atom stereocenters. The van der Waals surface area contributed by atoms with E-state index in [0.29, 0.717) is 18.2 Å². The molecule has 2 aromatic heterocycles. The summed E-state index contributed by atoms with van der Waals surface area (Å²) in [6, 6.07) is 16.1. The van der Waals surface area contributed by atoms with E-state index >= 15 is 0 Å². The fraction of sp³-hybridized carbons (Fsp3) is 0.364. The molecule has 0 N–H and O–H groups in total. The first-order valence-electron chi connectivity index (χ1n) is 10.6. The lowest BCUT2D eigenvalue weighted by Gasteiger charge is -2.39. The minimum absolute atomic E-state index is 0.131. The number of hydrogen-bond acceptors (Lipinski definition) is 8. The molecule has 0 radical (unpaired) electrons. The molecule has 0 bridgehead atoms. The van der Waals surface area contributed by atoms with Gasteiger partial charge in [-0.25, -0.2) is 9.67 Å². The van der Waals surface area contributed by atoms with Crippen LogP contribution in [0.4, 0.5) is 5.13 Å². The van der Waals surface area contributed by atoms with Gasteiger partial charge in [0, 0.05) is 38.3 Å². The van der Waals surface area contributed by atoms with E-state index in [0.717, 1.165) is 48.2 Å². The molecule has 0 amide bonds. The van der Waals surface area contributed by atoms with Crippen LogP contribution in [0, 0.1) is 0 Å². The van der Waals surface area contributed by atoms with Gasteiger partial charge in [-0.05, 0) is 34.2 Å². The van der Waals surface area contributed by atoms with Crippen LogP contribution in [0.1, 0.15) is 17.4 Å². The van der Waals surface area contributed by atoms with Crippen molar-refractivity contribution in [2.45, 2.75) is 12.6 Å². The number of para-hydroxylation sites is 1. The molecule has 32 heavy (non-hydrogen) atoms. The number of anilines is 1. The Morgan fingerprint density at radius 2 is 1.84 bits per heavy atom. The van der Waals surface area contributed by atoms with E-state index in [2.05, 4.69) is 49.6 Å². The first kappa shape index (κ1) is 21.3. The summed E-state index contributed by atoms with van der Waals surface area (Å²) in [5.41, 5.74) is 2.07. The molecule has 0 aliphatic carbocycles. The Balaban J connectivity index is 1.40. The molecule has 4 aromatic rings. The fourth-order valence-electron chi connectivity index (χ4n) is 4.11. The van der Waals surface area contributed by atoms with Crippen LogP contribution in [0.3, 0.4) is 0 Å². The monoisotopic (exact) mass is 469 g/mol. The van der Waals surface area contributed by atoms with E-state index in [9.17, 15) is 0 Å². The Kier molecular flexibility index (Phi) is 6.31. The molecule has 0 spiro atoms. The first-order chi connectivity index (χ1) is 15.7. The van der Waals surface area contributed by atoms with Gasteiger partial charge in [0.2, 0.25) is 0 Å². The van der Waals surface area contributed by atoms with Gasteiger partial charge >= 0.3 is 0 Å². The average Bonchev–Trinajstić information content (AvgIpc) is 3.47. The maximum absolute atomic E-state index is 6.63. The number of rotatable bonds is 7. The van der Waals surface area contributed by atoms with E-state index in [1.807, 2.05) is 28.9 Å². The molecular weight excluding hydrogens is 446 g/mol. The molecule has 3 heterocycles. The van der Waals surface area contributed by atoms with E-state index in [1.54, 1.807) is 18.4 Å². The summed E-state index contributed by atoms with van der Waals surface area (Å²) in [4.78, 5) is 9.59. The summed E-state index contributed by atoms with van der Waals surface area (Å²) in [7, 11) is 1.68. The maximum Gasteiger partial charge on any atom is 0.186 e. The SMILES string of the molecule is COCCn1nnnc1[C@H](c1ccccc1Cl)N1CCN(c2nc3ccccc3s2)CC1. The van der Waals surface area contributed by atoms with Gasteiger partial charge in [-0.2, -0.15) is 0 Å². The average molecular weight is 470 g/mol. The second kappa shape index (κ2) is 9.50. The minimum Gasteiger partial charge on any atom is -0.383 e. The summed E-state index contributed by atoms with van der Waals surface area (Å²) in [5.74, 6) is 0.781. The highest BCUT2D eigenvalue weighted by Crippen LogP contribution is 2.34. The zero-order chi connectivity index (χ0) is 21.9. The van der Waals surface area contributed by atoms with Crippen molar-refractivity contribution < 1.29 is 4.74 Å². The van der Waals surface area contributed by atoms with Crippen molar-refractivity contribution in [3.63, 3.8) is 0 Å². The molecule has 1 fully saturated rings. The predicted octanol–water partition coefficient (Wildman–Crippen LogP) is 3.49. The number of thiazole rings is 1. The summed E-state index contributed by atoms with van der Waals surface area (Å²) in [6.07, 6.45) is 0. The number of ether oxygens (including phenoxy) is 1. The summed E-state index contributed by atoms with van der Waals surface area (Å²) >= 11 is 8.38. The van der Waals surface area contributed by atoms with E-state index in [4.69, 9.17) is 21.3 Å². The third-order valence-corrected chi connectivity index (χ3v) is 7.19. The first-order valence-corrected chi connectivity index (χ1v) is 11.8. The highest BCUT2D eigenvalue weighted by atomic mass is 35.5. The number of nitrogens with zero attached hydrogens (tertiary/aromatic N) is 7. The van der Waals surface area contributed by atoms with Crippen LogP contribution in [0.15, 0.2) is 48.5 Å². The van der Waals surface area contributed by atoms with Crippen molar-refractivity contribution in [1.29, 1.82) is 0 Å². The predicted molar refractivity (Wildman–Crippen MR) is 126 cm³/mol. The van der Waals surface area contributed by atoms with Gasteiger partial charge in [-0.1, -0.05) is 53.3 Å². The van der Waals surface area contributed by atoms with Crippen LogP contribution in [-0.2, 0) is 11.3 Å². The summed E-state index contributed by atoms with van der Waals surface area (Å²) < 4.78 is 8.28. The standard InChI is InChI=1S/C22H24ClN7OS/c1-31-15-14-30-21(25-26-27-30)20(16-6-2-3-7-17(16)23)28-10-12-29(13-11-28)22-24-18-8-4-5-9-19(18)32-22/h2-9,20H,10-15H2,1H3/t20-/m0/s1. The largest absolute Gasteiger partial charge is 0.383 e. The van der Waals surface area contributed by atoms with Crippen molar-refractivity contribution >= 4 is 38.3 Å². The second-order valence-corrected chi connectivity index (χ2v) is 9.08. The van der Waals surface area contributed by atoms with Crippen molar-refractivity contribution in [3.8, 4) is 0 Å². The van der Waals surface area contributed by atoms with Crippen LogP contribution in [0.2, 0.25) is 5.02 Å². The van der Waals surface area contributed by atoms with Crippen LogP contribution >= 0.6 is 22.9 Å². The lowest BCUT2D eigenvalue weighted by Crippen LogP contribution is -2.48. The van der Waals surface area contributed by atoms with Crippen molar-refractivity contribution in [1.82, 2.24) is 30.1 Å². The van der Waals surface area contributed by atoms with Gasteiger partial charge in [0.1, 0.15) is 0 Å². The van der Waals surface area contributed by atoms with E-state index < -0.39 is 0 Å². The number of piperazine rings is 1. The second-order valence-electron chi connectivity index (χ2n) is 7.66. The van der Waals surface area contributed by atoms with Crippen molar-refractivity contribution in [2.24, 2.45) is 0 Å². The highest BCUT2D eigenvalue weighted by molar-refractivity contribution is 7.22. The van der Waals surface area contributed by atoms with E-state index in [1.165, 1.54) is 4.70 Å². The Labute approximate surface area is 195 Å². The van der Waals surface area contributed by atoms with Gasteiger partial charge in [0.05, 0.1) is 29.4 Å². The van der Waals surface area contributed by atoms with Crippen LogP contribution in [0.25, 0.3) is 10.2 Å². The molecule has 0 saturated carbocycles. The lowest BCUT2D eigenvalue weighted by atomic mass is 10.0. The quantitative estimate of drug-likeness (QED) is 0.410. The Morgan fingerprint density at radius 3 is 2.62 bits per heavy atom. The molecule has 10 heteroatoms. The molecule has 1 aliphatic rings. The van der Waals surface area contributed by atoms with Crippen LogP contribution < -0.4 is 4.90 Å². The number of halogens is 1. The number of hydrogen-bond donors (Lipinski definition) is 0. The van der Waals surface area contributed by atoms with Gasteiger partial charge in [0.25, 0.3) is 0 Å². The zero-order valence-corrected chi connectivity index (χ0v) is 19.3. The summed E-state index contributed by atoms with van der Waals surface area (Å²) in [5, 5.41) is 14.3. The summed E-state index contributed by atoms with van der Waals surface area (Å²) in [6.45, 7) is 4.58. The number of fused-ring (bicyclic) bond motifs is 1. The lowest BCUT2D eigenvalue weighted by molar-refractivity contribution is 0.172. The van der Waals surface area contributed by atoms with Gasteiger partial charge in [-0.3, -0.25) is 4.90 Å². The number of tetrazole rings is 1. The molecular formula is C22H24ClN7OS. The molecule has 1 aliphatic heterocycles. The zero-order valence-electron chi connectivity index (χ0n) is 17.8. The molecule has 2 aromatic carbocycles. The van der Waals surface area contributed by atoms with Crippen molar-refractivity contribution in [3.05, 3.63) is 64.9 Å². The highest BCUT2D eigenvalue weighted by Gasteiger charge is 2.32. The Hall–Kier alpha value is -2.59. The topological polar surface area (TPSA) is 72.2 Å². The molecule has 0 unspecified atom stereocenters. The molecule has 5 rings (SSSR count). The third kappa shape index (κ3) is 4.21. The number of benzene rings is 2. The van der Waals surface area contributed by atoms with Crippen LogP contribution in [0.5, 0.6) is 0 Å². The smallest absolute Gasteiger partial charge is 0.186 e. The number of aromatic nitrogens is 5. The Bertz CT molecular complexity index is 1150. The third-order valence-electron chi connectivity index (χ3n) is 5.74. The molecule has 1 saturated heterocycles. The van der Waals surface area contributed by atoms with Gasteiger partial charge in [0.15, 0.2) is 11.0 Å². The molecule has 166 valence electrons.